The molecule has 1 N–H and O–H groups in total. The van der Waals surface area contributed by atoms with E-state index in [1.54, 1.807) is 12.1 Å². The molecule has 1 saturated heterocycles. The number of anilines is 1. The largest absolute Gasteiger partial charge is 0.495 e. The van der Waals surface area contributed by atoms with Crippen molar-refractivity contribution in [1.82, 2.24) is 4.31 Å². The third-order valence-corrected chi connectivity index (χ3v) is 7.23. The third-order valence-electron chi connectivity index (χ3n) is 5.35. The van der Waals surface area contributed by atoms with Crippen LogP contribution in [0.15, 0.2) is 47.4 Å². The number of methoxy groups -OCH3 is 1. The molecule has 0 saturated carbocycles. The van der Waals surface area contributed by atoms with Gasteiger partial charge in [-0.05, 0) is 55.5 Å². The van der Waals surface area contributed by atoms with Gasteiger partial charge in [0.05, 0.1) is 13.0 Å². The Bertz CT molecular complexity index is 988. The molecule has 7 heteroatoms. The van der Waals surface area contributed by atoms with Crippen LogP contribution in [0.1, 0.15) is 30.9 Å². The summed E-state index contributed by atoms with van der Waals surface area (Å²) in [6.07, 6.45) is 2.12. The van der Waals surface area contributed by atoms with Crippen LogP contribution in [0, 0.1) is 12.8 Å². The third kappa shape index (κ3) is 4.62. The first kappa shape index (κ1) is 21.3. The molecule has 2 aromatic carbocycles. The molecule has 0 unspecified atom stereocenters. The summed E-state index contributed by atoms with van der Waals surface area (Å²) in [6, 6.07) is 12.8. The van der Waals surface area contributed by atoms with Crippen molar-refractivity contribution in [2.45, 2.75) is 38.0 Å². The zero-order chi connectivity index (χ0) is 21.0. The molecule has 1 amide bonds. The first-order chi connectivity index (χ1) is 13.9. The lowest BCUT2D eigenvalue weighted by Gasteiger charge is -2.31. The van der Waals surface area contributed by atoms with E-state index in [2.05, 4.69) is 5.32 Å². The standard InChI is InChI=1S/C22H28N2O4S/c1-4-17-8-5-6-10-19(17)23-22(25)18-9-7-13-24(15-18)29(26,27)21-14-16(2)11-12-20(21)28-3/h5-6,8,10-12,14,18H,4,7,9,13,15H2,1-3H3,(H,23,25)/t18-/m0/s1. The number of sulfonamides is 1. The predicted octanol–water partition coefficient (Wildman–Crippen LogP) is 3.61. The van der Waals surface area contributed by atoms with Crippen molar-refractivity contribution in [3.63, 3.8) is 0 Å². The fourth-order valence-electron chi connectivity index (χ4n) is 3.68. The number of benzene rings is 2. The normalized spacial score (nSPS) is 17.7. The van der Waals surface area contributed by atoms with Gasteiger partial charge in [-0.15, -0.1) is 0 Å². The molecule has 0 spiro atoms. The number of para-hydroxylation sites is 1. The molecule has 0 bridgehead atoms. The van der Waals surface area contributed by atoms with Gasteiger partial charge >= 0.3 is 0 Å². The Kier molecular flexibility index (Phi) is 6.59. The van der Waals surface area contributed by atoms with Gasteiger partial charge in [-0.2, -0.15) is 4.31 Å². The van der Waals surface area contributed by atoms with E-state index in [1.165, 1.54) is 11.4 Å². The molecule has 6 nitrogen and oxygen atoms in total. The highest BCUT2D eigenvalue weighted by molar-refractivity contribution is 7.89. The number of nitrogens with zero attached hydrogens (tertiary/aromatic N) is 1. The van der Waals surface area contributed by atoms with E-state index < -0.39 is 10.0 Å². The first-order valence-corrected chi connectivity index (χ1v) is 11.3. The fourth-order valence-corrected chi connectivity index (χ4v) is 5.45. The van der Waals surface area contributed by atoms with E-state index in [-0.39, 0.29) is 23.3 Å². The van der Waals surface area contributed by atoms with Crippen molar-refractivity contribution in [2.75, 3.05) is 25.5 Å². The molecule has 3 rings (SSSR count). The second kappa shape index (κ2) is 8.97. The summed E-state index contributed by atoms with van der Waals surface area (Å²) < 4.78 is 33.2. The van der Waals surface area contributed by atoms with Gasteiger partial charge in [0, 0.05) is 18.8 Å². The van der Waals surface area contributed by atoms with Crippen LogP contribution < -0.4 is 10.1 Å². The van der Waals surface area contributed by atoms with E-state index in [4.69, 9.17) is 4.74 Å². The van der Waals surface area contributed by atoms with Crippen LogP contribution in [0.5, 0.6) is 5.75 Å². The molecular formula is C22H28N2O4S. The maximum Gasteiger partial charge on any atom is 0.246 e. The van der Waals surface area contributed by atoms with Crippen molar-refractivity contribution in [1.29, 1.82) is 0 Å². The molecule has 1 fully saturated rings. The van der Waals surface area contributed by atoms with Gasteiger partial charge in [-0.3, -0.25) is 4.79 Å². The molecule has 1 atom stereocenters. The van der Waals surface area contributed by atoms with Crippen LogP contribution in [0.3, 0.4) is 0 Å². The lowest BCUT2D eigenvalue weighted by molar-refractivity contribution is -0.120. The van der Waals surface area contributed by atoms with Crippen LogP contribution >= 0.6 is 0 Å². The lowest BCUT2D eigenvalue weighted by atomic mass is 9.98. The van der Waals surface area contributed by atoms with Crippen LogP contribution in [-0.4, -0.2) is 38.8 Å². The molecule has 0 aliphatic carbocycles. The number of carbonyl (C=O) groups is 1. The number of carbonyl (C=O) groups excluding carboxylic acids is 1. The minimum atomic E-state index is -3.75. The van der Waals surface area contributed by atoms with E-state index in [9.17, 15) is 13.2 Å². The zero-order valence-electron chi connectivity index (χ0n) is 17.1. The van der Waals surface area contributed by atoms with E-state index in [0.29, 0.717) is 25.1 Å². The lowest BCUT2D eigenvalue weighted by Crippen LogP contribution is -2.43. The predicted molar refractivity (Wildman–Crippen MR) is 114 cm³/mol. The monoisotopic (exact) mass is 416 g/mol. The molecule has 2 aromatic rings. The van der Waals surface area contributed by atoms with Crippen molar-refractivity contribution < 1.29 is 17.9 Å². The zero-order valence-corrected chi connectivity index (χ0v) is 18.0. The second-order valence-corrected chi connectivity index (χ2v) is 9.26. The summed E-state index contributed by atoms with van der Waals surface area (Å²) in [5.74, 6) is -0.208. The van der Waals surface area contributed by atoms with Crippen LogP contribution in [-0.2, 0) is 21.2 Å². The summed E-state index contributed by atoms with van der Waals surface area (Å²) in [5, 5.41) is 2.99. The SMILES string of the molecule is CCc1ccccc1NC(=O)[C@H]1CCCN(S(=O)(=O)c2cc(C)ccc2OC)C1. The van der Waals surface area contributed by atoms with Gasteiger partial charge in [0.1, 0.15) is 10.6 Å². The van der Waals surface area contributed by atoms with Gasteiger partial charge in [-0.1, -0.05) is 31.2 Å². The Balaban J connectivity index is 1.80. The van der Waals surface area contributed by atoms with Crippen molar-refractivity contribution in [2.24, 2.45) is 5.92 Å². The van der Waals surface area contributed by atoms with E-state index >= 15 is 0 Å². The van der Waals surface area contributed by atoms with E-state index in [0.717, 1.165) is 23.2 Å². The Morgan fingerprint density at radius 1 is 1.24 bits per heavy atom. The van der Waals surface area contributed by atoms with Crippen molar-refractivity contribution in [3.05, 3.63) is 53.6 Å². The van der Waals surface area contributed by atoms with Crippen LogP contribution in [0.25, 0.3) is 0 Å². The highest BCUT2D eigenvalue weighted by Gasteiger charge is 2.35. The number of ether oxygens (including phenoxy) is 1. The summed E-state index contributed by atoms with van der Waals surface area (Å²) in [6.45, 7) is 4.44. The van der Waals surface area contributed by atoms with Crippen LogP contribution in [0.2, 0.25) is 0 Å². The number of piperidine rings is 1. The van der Waals surface area contributed by atoms with Gasteiger partial charge in [0.2, 0.25) is 15.9 Å². The topological polar surface area (TPSA) is 75.7 Å². The Hall–Kier alpha value is -2.38. The van der Waals surface area contributed by atoms with Gasteiger partial charge < -0.3 is 10.1 Å². The molecule has 156 valence electrons. The average molecular weight is 417 g/mol. The van der Waals surface area contributed by atoms with Gasteiger partial charge in [0.25, 0.3) is 0 Å². The summed E-state index contributed by atoms with van der Waals surface area (Å²) in [4.78, 5) is 13.0. The highest BCUT2D eigenvalue weighted by Crippen LogP contribution is 2.31. The fraction of sp³-hybridized carbons (Fsp3) is 0.409. The smallest absolute Gasteiger partial charge is 0.246 e. The van der Waals surface area contributed by atoms with E-state index in [1.807, 2.05) is 44.2 Å². The number of rotatable bonds is 6. The highest BCUT2D eigenvalue weighted by atomic mass is 32.2. The number of hydrogen-bond acceptors (Lipinski definition) is 4. The molecular weight excluding hydrogens is 388 g/mol. The molecule has 0 radical (unpaired) electrons. The summed E-state index contributed by atoms with van der Waals surface area (Å²) in [5.41, 5.74) is 2.69. The maximum absolute atomic E-state index is 13.3. The number of nitrogens with one attached hydrogen (secondary N) is 1. The Morgan fingerprint density at radius 3 is 2.72 bits per heavy atom. The maximum atomic E-state index is 13.3. The first-order valence-electron chi connectivity index (χ1n) is 9.90. The average Bonchev–Trinajstić information content (AvgIpc) is 2.74. The Morgan fingerprint density at radius 2 is 2.00 bits per heavy atom. The second-order valence-electron chi connectivity index (χ2n) is 7.36. The molecule has 1 heterocycles. The number of hydrogen-bond donors (Lipinski definition) is 1. The molecule has 29 heavy (non-hydrogen) atoms. The van der Waals surface area contributed by atoms with Crippen molar-refractivity contribution >= 4 is 21.6 Å². The number of amides is 1. The molecule has 1 aliphatic heterocycles. The Labute approximate surface area is 172 Å². The van der Waals surface area contributed by atoms with Crippen LogP contribution in [0.4, 0.5) is 5.69 Å². The summed E-state index contributed by atoms with van der Waals surface area (Å²) in [7, 11) is -2.29. The summed E-state index contributed by atoms with van der Waals surface area (Å²) >= 11 is 0. The minimum absolute atomic E-state index is 0.137. The minimum Gasteiger partial charge on any atom is -0.495 e. The molecule has 1 aliphatic rings. The molecule has 0 aromatic heterocycles. The van der Waals surface area contributed by atoms with Crippen molar-refractivity contribution in [3.8, 4) is 5.75 Å². The van der Waals surface area contributed by atoms with Gasteiger partial charge in [-0.25, -0.2) is 8.42 Å². The van der Waals surface area contributed by atoms with Gasteiger partial charge in [0.15, 0.2) is 0 Å². The number of aryl methyl sites for hydroxylation is 2. The quantitative estimate of drug-likeness (QED) is 0.781.